The molecule has 0 aliphatic heterocycles. The largest absolute Gasteiger partial charge is 0.373 e. The maximum Gasteiger partial charge on any atom is 0.242 e. The Labute approximate surface area is 152 Å². The molecule has 4 N–H and O–H groups in total. The molecule has 0 aliphatic carbocycles. The van der Waals surface area contributed by atoms with Crippen molar-refractivity contribution in [2.45, 2.75) is 12.5 Å². The minimum absolute atomic E-state index is 0.242. The van der Waals surface area contributed by atoms with Crippen LogP contribution in [0, 0.1) is 0 Å². The van der Waals surface area contributed by atoms with Gasteiger partial charge in [0.25, 0.3) is 0 Å². The van der Waals surface area contributed by atoms with Crippen molar-refractivity contribution in [3.8, 4) is 11.3 Å². The number of anilines is 2. The van der Waals surface area contributed by atoms with E-state index in [1.165, 1.54) is 0 Å². The van der Waals surface area contributed by atoms with Crippen molar-refractivity contribution in [3.63, 3.8) is 0 Å². The number of nitrogens with one attached hydrogen (secondary N) is 2. The zero-order valence-corrected chi connectivity index (χ0v) is 14.8. The van der Waals surface area contributed by atoms with Gasteiger partial charge in [0.2, 0.25) is 5.91 Å². The molecule has 7 heteroatoms. The smallest absolute Gasteiger partial charge is 0.242 e. The number of amides is 1. The fraction of sp³-hybridized carbons (Fsp3) is 0.211. The number of carbonyl (C=O) groups excluding carboxylic acids is 1. The lowest BCUT2D eigenvalue weighted by Gasteiger charge is -2.12. The molecule has 0 radical (unpaired) electrons. The molecule has 3 rings (SSSR count). The number of carbonyl (C=O) groups is 1. The lowest BCUT2D eigenvalue weighted by molar-refractivity contribution is -0.117. The van der Waals surface area contributed by atoms with Gasteiger partial charge < -0.3 is 16.4 Å². The first-order valence-electron chi connectivity index (χ1n) is 8.35. The van der Waals surface area contributed by atoms with Gasteiger partial charge in [0, 0.05) is 31.9 Å². The Balaban J connectivity index is 1.71. The van der Waals surface area contributed by atoms with Crippen LogP contribution in [-0.2, 0) is 18.3 Å². The highest BCUT2D eigenvalue weighted by atomic mass is 16.2. The van der Waals surface area contributed by atoms with Gasteiger partial charge in [-0.1, -0.05) is 30.3 Å². The van der Waals surface area contributed by atoms with Crippen LogP contribution in [0.2, 0.25) is 0 Å². The van der Waals surface area contributed by atoms with Gasteiger partial charge >= 0.3 is 0 Å². The predicted molar refractivity (Wildman–Crippen MR) is 103 cm³/mol. The first-order chi connectivity index (χ1) is 12.6. The highest BCUT2D eigenvalue weighted by molar-refractivity contribution is 5.94. The SMILES string of the molecule is CNc1cc(-c2cc(NC(=O)C(N)Cc3ccccc3)n(C)n2)ccn1. The quantitative estimate of drug-likeness (QED) is 0.632. The Kier molecular flexibility index (Phi) is 5.28. The van der Waals surface area contributed by atoms with Crippen molar-refractivity contribution in [2.75, 3.05) is 17.7 Å². The highest BCUT2D eigenvalue weighted by Crippen LogP contribution is 2.23. The molecule has 0 aliphatic rings. The summed E-state index contributed by atoms with van der Waals surface area (Å²) in [6, 6.07) is 14.7. The Hall–Kier alpha value is -3.19. The van der Waals surface area contributed by atoms with Gasteiger partial charge in [0.05, 0.1) is 11.7 Å². The Morgan fingerprint density at radius 1 is 1.23 bits per heavy atom. The summed E-state index contributed by atoms with van der Waals surface area (Å²) in [5, 5.41) is 10.3. The van der Waals surface area contributed by atoms with E-state index in [2.05, 4.69) is 20.7 Å². The van der Waals surface area contributed by atoms with Crippen molar-refractivity contribution < 1.29 is 4.79 Å². The lowest BCUT2D eigenvalue weighted by atomic mass is 10.1. The van der Waals surface area contributed by atoms with Crippen LogP contribution in [-0.4, -0.2) is 33.8 Å². The van der Waals surface area contributed by atoms with Crippen molar-refractivity contribution >= 4 is 17.5 Å². The summed E-state index contributed by atoms with van der Waals surface area (Å²) in [6.45, 7) is 0. The molecular weight excluding hydrogens is 328 g/mol. The molecule has 26 heavy (non-hydrogen) atoms. The first kappa shape index (κ1) is 17.6. The third kappa shape index (κ3) is 4.07. The fourth-order valence-corrected chi connectivity index (χ4v) is 2.63. The van der Waals surface area contributed by atoms with Crippen molar-refractivity contribution in [2.24, 2.45) is 12.8 Å². The number of rotatable bonds is 6. The monoisotopic (exact) mass is 350 g/mol. The van der Waals surface area contributed by atoms with E-state index < -0.39 is 6.04 Å². The topological polar surface area (TPSA) is 97.9 Å². The number of aromatic nitrogens is 3. The van der Waals surface area contributed by atoms with Gasteiger partial charge in [-0.15, -0.1) is 0 Å². The number of hydrogen-bond acceptors (Lipinski definition) is 5. The second-order valence-electron chi connectivity index (χ2n) is 6.00. The first-order valence-corrected chi connectivity index (χ1v) is 8.35. The summed E-state index contributed by atoms with van der Waals surface area (Å²) in [6.07, 6.45) is 2.19. The molecule has 0 saturated heterocycles. The lowest BCUT2D eigenvalue weighted by Crippen LogP contribution is -2.37. The van der Waals surface area contributed by atoms with Crippen LogP contribution in [0.25, 0.3) is 11.3 Å². The van der Waals surface area contributed by atoms with Crippen LogP contribution in [0.3, 0.4) is 0 Å². The van der Waals surface area contributed by atoms with Crippen LogP contribution >= 0.6 is 0 Å². The van der Waals surface area contributed by atoms with Crippen LogP contribution in [0.5, 0.6) is 0 Å². The van der Waals surface area contributed by atoms with Crippen molar-refractivity contribution in [1.82, 2.24) is 14.8 Å². The molecule has 7 nitrogen and oxygen atoms in total. The standard InChI is InChI=1S/C19H22N6O/c1-21-17-11-14(8-9-22-17)16-12-18(25(2)24-16)23-19(26)15(20)10-13-6-4-3-5-7-13/h3-9,11-12,15H,10,20H2,1-2H3,(H,21,22)(H,23,26). The van der Waals surface area contributed by atoms with Gasteiger partial charge in [-0.3, -0.25) is 9.48 Å². The summed E-state index contributed by atoms with van der Waals surface area (Å²) in [7, 11) is 3.59. The second kappa shape index (κ2) is 7.79. The maximum atomic E-state index is 12.4. The summed E-state index contributed by atoms with van der Waals surface area (Å²) < 4.78 is 1.63. The minimum atomic E-state index is -0.632. The van der Waals surface area contributed by atoms with E-state index in [0.29, 0.717) is 12.2 Å². The van der Waals surface area contributed by atoms with Gasteiger partial charge in [0.1, 0.15) is 11.6 Å². The molecule has 0 fully saturated rings. The van der Waals surface area contributed by atoms with Crippen LogP contribution in [0.15, 0.2) is 54.7 Å². The Morgan fingerprint density at radius 3 is 2.73 bits per heavy atom. The summed E-state index contributed by atoms with van der Waals surface area (Å²) >= 11 is 0. The predicted octanol–water partition coefficient (Wildman–Crippen LogP) is 2.03. The van der Waals surface area contributed by atoms with E-state index in [-0.39, 0.29) is 5.91 Å². The van der Waals surface area contributed by atoms with Crippen molar-refractivity contribution in [1.29, 1.82) is 0 Å². The van der Waals surface area contributed by atoms with Gasteiger partial charge in [0.15, 0.2) is 0 Å². The van der Waals surface area contributed by atoms with Gasteiger partial charge in [-0.05, 0) is 24.1 Å². The van der Waals surface area contributed by atoms with E-state index >= 15 is 0 Å². The molecule has 2 aromatic heterocycles. The molecule has 1 aromatic carbocycles. The third-order valence-corrected chi connectivity index (χ3v) is 4.08. The highest BCUT2D eigenvalue weighted by Gasteiger charge is 2.17. The minimum Gasteiger partial charge on any atom is -0.373 e. The fourth-order valence-electron chi connectivity index (χ4n) is 2.63. The second-order valence-corrected chi connectivity index (χ2v) is 6.00. The van der Waals surface area contributed by atoms with Crippen LogP contribution < -0.4 is 16.4 Å². The number of nitrogens with zero attached hydrogens (tertiary/aromatic N) is 3. The van der Waals surface area contributed by atoms with E-state index in [0.717, 1.165) is 22.6 Å². The number of nitrogens with two attached hydrogens (primary N) is 1. The van der Waals surface area contributed by atoms with Crippen LogP contribution in [0.4, 0.5) is 11.6 Å². The normalized spacial score (nSPS) is 11.8. The van der Waals surface area contributed by atoms with E-state index in [1.54, 1.807) is 17.9 Å². The van der Waals surface area contributed by atoms with Crippen molar-refractivity contribution in [3.05, 3.63) is 60.3 Å². The molecule has 0 saturated carbocycles. The Bertz CT molecular complexity index is 890. The average molecular weight is 350 g/mol. The van der Waals surface area contributed by atoms with Gasteiger partial charge in [-0.25, -0.2) is 4.98 Å². The molecule has 2 heterocycles. The molecule has 1 amide bonds. The number of hydrogen-bond donors (Lipinski definition) is 3. The molecule has 0 spiro atoms. The molecule has 3 aromatic rings. The summed E-state index contributed by atoms with van der Waals surface area (Å²) in [5.74, 6) is 1.11. The molecular formula is C19H22N6O. The zero-order valence-electron chi connectivity index (χ0n) is 14.8. The van der Waals surface area contributed by atoms with Gasteiger partial charge in [-0.2, -0.15) is 5.10 Å². The molecule has 0 bridgehead atoms. The number of benzene rings is 1. The molecule has 134 valence electrons. The third-order valence-electron chi connectivity index (χ3n) is 4.08. The van der Waals surface area contributed by atoms with E-state index in [9.17, 15) is 4.79 Å². The average Bonchev–Trinajstić information content (AvgIpc) is 3.03. The van der Waals surface area contributed by atoms with E-state index in [4.69, 9.17) is 5.73 Å². The maximum absolute atomic E-state index is 12.4. The summed E-state index contributed by atoms with van der Waals surface area (Å²) in [5.41, 5.74) is 8.73. The molecule has 1 atom stereocenters. The number of aryl methyl sites for hydroxylation is 1. The van der Waals surface area contributed by atoms with Crippen LogP contribution in [0.1, 0.15) is 5.56 Å². The summed E-state index contributed by atoms with van der Waals surface area (Å²) in [4.78, 5) is 16.6. The van der Waals surface area contributed by atoms with E-state index in [1.807, 2.05) is 55.6 Å². The number of pyridine rings is 1. The zero-order chi connectivity index (χ0) is 18.5. The molecule has 1 unspecified atom stereocenters. The Morgan fingerprint density at radius 2 is 2.00 bits per heavy atom.